The van der Waals surface area contributed by atoms with Gasteiger partial charge in [0.1, 0.15) is 11.9 Å². The van der Waals surface area contributed by atoms with Crippen LogP contribution in [0.2, 0.25) is 0 Å². The van der Waals surface area contributed by atoms with Crippen molar-refractivity contribution in [3.8, 4) is 0 Å². The van der Waals surface area contributed by atoms with Gasteiger partial charge in [0.2, 0.25) is 11.8 Å². The topological polar surface area (TPSA) is 134 Å². The van der Waals surface area contributed by atoms with E-state index in [2.05, 4.69) is 20.3 Å². The van der Waals surface area contributed by atoms with Gasteiger partial charge in [-0.25, -0.2) is 4.98 Å². The highest BCUT2D eigenvalue weighted by Crippen LogP contribution is 2.31. The lowest BCUT2D eigenvalue weighted by Gasteiger charge is -2.29. The van der Waals surface area contributed by atoms with E-state index in [0.29, 0.717) is 18.5 Å². The molecule has 3 aromatic rings. The van der Waals surface area contributed by atoms with E-state index in [1.807, 2.05) is 18.2 Å². The smallest absolute Gasteiger partial charge is 0.255 e. The van der Waals surface area contributed by atoms with E-state index in [4.69, 9.17) is 5.73 Å². The molecular formula is C23H24N6O3. The van der Waals surface area contributed by atoms with Gasteiger partial charge >= 0.3 is 0 Å². The van der Waals surface area contributed by atoms with Gasteiger partial charge in [0.15, 0.2) is 0 Å². The van der Waals surface area contributed by atoms with Crippen LogP contribution < -0.4 is 11.1 Å². The molecule has 3 amide bonds. The number of nitrogens with one attached hydrogen (secondary N) is 2. The Balaban J connectivity index is 1.25. The van der Waals surface area contributed by atoms with Gasteiger partial charge in [0, 0.05) is 24.7 Å². The van der Waals surface area contributed by atoms with Crippen LogP contribution in [0.15, 0.2) is 36.7 Å². The number of aromatic nitrogens is 3. The van der Waals surface area contributed by atoms with E-state index in [1.54, 1.807) is 23.4 Å². The van der Waals surface area contributed by atoms with Crippen LogP contribution in [0, 0.1) is 0 Å². The van der Waals surface area contributed by atoms with Crippen LogP contribution in [0.25, 0.3) is 11.0 Å². The number of rotatable bonds is 6. The lowest BCUT2D eigenvalue weighted by atomic mass is 9.97. The SMILES string of the molecule is N[C@@H](CCCc1cccc2c1CN(C1CCC(=O)NC1=O)C2=O)c1nc2ccncc2[nH]1. The minimum absolute atomic E-state index is 0.149. The van der Waals surface area contributed by atoms with Gasteiger partial charge in [-0.3, -0.25) is 24.7 Å². The number of pyridine rings is 1. The Bertz CT molecular complexity index is 1190. The van der Waals surface area contributed by atoms with Crippen molar-refractivity contribution in [1.82, 2.24) is 25.2 Å². The summed E-state index contributed by atoms with van der Waals surface area (Å²) in [5.74, 6) is -0.0847. The van der Waals surface area contributed by atoms with Gasteiger partial charge in [-0.1, -0.05) is 12.1 Å². The predicted molar refractivity (Wildman–Crippen MR) is 116 cm³/mol. The number of benzene rings is 1. The van der Waals surface area contributed by atoms with Crippen LogP contribution in [0.3, 0.4) is 0 Å². The second-order valence-corrected chi connectivity index (χ2v) is 8.36. The first-order valence-electron chi connectivity index (χ1n) is 10.8. The summed E-state index contributed by atoms with van der Waals surface area (Å²) in [6.45, 7) is 0.388. The standard InChI is InChI=1S/C23H24N6O3/c24-16(21-26-17-9-10-25-11-18(17)27-21)6-2-4-13-3-1-5-14-15(13)12-29(23(14)32)19-7-8-20(30)28-22(19)31/h1,3,5,9-11,16,19H,2,4,6-8,12,24H2,(H,26,27)(H,28,30,31)/t16-,19?/m0/s1. The van der Waals surface area contributed by atoms with Gasteiger partial charge in [-0.05, 0) is 48.9 Å². The van der Waals surface area contributed by atoms with Crippen molar-refractivity contribution in [2.45, 2.75) is 50.7 Å². The zero-order chi connectivity index (χ0) is 22.2. The fraction of sp³-hybridized carbons (Fsp3) is 0.348. The summed E-state index contributed by atoms with van der Waals surface area (Å²) < 4.78 is 0. The third-order valence-electron chi connectivity index (χ3n) is 6.29. The van der Waals surface area contributed by atoms with E-state index < -0.39 is 11.9 Å². The average molecular weight is 432 g/mol. The molecule has 1 saturated heterocycles. The molecule has 1 aromatic carbocycles. The Labute approximate surface area is 184 Å². The number of nitrogens with two attached hydrogens (primary N) is 1. The van der Waals surface area contributed by atoms with Gasteiger partial charge < -0.3 is 15.6 Å². The number of carbonyl (C=O) groups excluding carboxylic acids is 3. The lowest BCUT2D eigenvalue weighted by molar-refractivity contribution is -0.136. The molecule has 164 valence electrons. The number of imidazole rings is 1. The molecule has 2 aliphatic rings. The van der Waals surface area contributed by atoms with Crippen molar-refractivity contribution in [3.05, 3.63) is 59.2 Å². The first kappa shape index (κ1) is 20.3. The van der Waals surface area contributed by atoms with E-state index in [9.17, 15) is 14.4 Å². The predicted octanol–water partition coefficient (Wildman–Crippen LogP) is 1.74. The third kappa shape index (κ3) is 3.64. The molecular weight excluding hydrogens is 408 g/mol. The number of hydrogen-bond acceptors (Lipinski definition) is 6. The summed E-state index contributed by atoms with van der Waals surface area (Å²) in [7, 11) is 0. The first-order chi connectivity index (χ1) is 15.5. The van der Waals surface area contributed by atoms with Crippen molar-refractivity contribution >= 4 is 28.8 Å². The van der Waals surface area contributed by atoms with Crippen LogP contribution in [0.1, 0.15) is 59.0 Å². The number of amides is 3. The minimum atomic E-state index is -0.601. The van der Waals surface area contributed by atoms with Gasteiger partial charge in [-0.2, -0.15) is 0 Å². The summed E-state index contributed by atoms with van der Waals surface area (Å²) in [6, 6.07) is 6.74. The van der Waals surface area contributed by atoms with Crippen molar-refractivity contribution in [2.75, 3.05) is 0 Å². The van der Waals surface area contributed by atoms with E-state index in [-0.39, 0.29) is 24.3 Å². The number of nitrogens with zero attached hydrogens (tertiary/aromatic N) is 3. The van der Waals surface area contributed by atoms with Gasteiger partial charge in [0.05, 0.1) is 23.3 Å². The molecule has 9 nitrogen and oxygen atoms in total. The molecule has 0 bridgehead atoms. The molecule has 4 heterocycles. The molecule has 2 aliphatic heterocycles. The third-order valence-corrected chi connectivity index (χ3v) is 6.29. The molecule has 1 fully saturated rings. The molecule has 2 atom stereocenters. The molecule has 2 aromatic heterocycles. The second kappa shape index (κ2) is 8.16. The summed E-state index contributed by atoms with van der Waals surface area (Å²) >= 11 is 0. The van der Waals surface area contributed by atoms with E-state index in [1.165, 1.54) is 0 Å². The molecule has 1 unspecified atom stereocenters. The maximum absolute atomic E-state index is 13.0. The number of hydrogen-bond donors (Lipinski definition) is 3. The Morgan fingerprint density at radius 2 is 2.09 bits per heavy atom. The number of aromatic amines is 1. The number of fused-ring (bicyclic) bond motifs is 2. The minimum Gasteiger partial charge on any atom is -0.339 e. The Hall–Kier alpha value is -3.59. The Kier molecular flexibility index (Phi) is 5.18. The van der Waals surface area contributed by atoms with Crippen molar-refractivity contribution in [1.29, 1.82) is 0 Å². The number of imide groups is 1. The largest absolute Gasteiger partial charge is 0.339 e. The van der Waals surface area contributed by atoms with E-state index >= 15 is 0 Å². The monoisotopic (exact) mass is 432 g/mol. The maximum atomic E-state index is 13.0. The van der Waals surface area contributed by atoms with Crippen LogP contribution in [-0.4, -0.2) is 43.6 Å². The molecule has 9 heteroatoms. The fourth-order valence-electron chi connectivity index (χ4n) is 4.59. The Morgan fingerprint density at radius 3 is 2.91 bits per heavy atom. The molecule has 0 saturated carbocycles. The van der Waals surface area contributed by atoms with Gasteiger partial charge in [-0.15, -0.1) is 0 Å². The molecule has 4 N–H and O–H groups in total. The van der Waals surface area contributed by atoms with Crippen LogP contribution in [0.5, 0.6) is 0 Å². The molecule has 0 spiro atoms. The quantitative estimate of drug-likeness (QED) is 0.508. The highest BCUT2D eigenvalue weighted by Gasteiger charge is 2.39. The second-order valence-electron chi connectivity index (χ2n) is 8.36. The van der Waals surface area contributed by atoms with Gasteiger partial charge in [0.25, 0.3) is 5.91 Å². The molecule has 32 heavy (non-hydrogen) atoms. The zero-order valence-electron chi connectivity index (χ0n) is 17.5. The fourth-order valence-corrected chi connectivity index (χ4v) is 4.59. The van der Waals surface area contributed by atoms with Crippen LogP contribution in [0.4, 0.5) is 0 Å². The number of aryl methyl sites for hydroxylation is 1. The highest BCUT2D eigenvalue weighted by atomic mass is 16.2. The Morgan fingerprint density at radius 1 is 1.22 bits per heavy atom. The number of H-pyrrole nitrogens is 1. The number of carbonyl (C=O) groups is 3. The summed E-state index contributed by atoms with van der Waals surface area (Å²) in [6.07, 6.45) is 6.39. The summed E-state index contributed by atoms with van der Waals surface area (Å²) in [5, 5.41) is 2.34. The van der Waals surface area contributed by atoms with Crippen LogP contribution in [-0.2, 0) is 22.6 Å². The van der Waals surface area contributed by atoms with E-state index in [0.717, 1.165) is 47.2 Å². The highest BCUT2D eigenvalue weighted by molar-refractivity contribution is 6.05. The van der Waals surface area contributed by atoms with Crippen molar-refractivity contribution in [3.63, 3.8) is 0 Å². The zero-order valence-corrected chi connectivity index (χ0v) is 17.5. The summed E-state index contributed by atoms with van der Waals surface area (Å²) in [4.78, 5) is 50.1. The summed E-state index contributed by atoms with van der Waals surface area (Å²) in [5.41, 5.74) is 10.8. The van der Waals surface area contributed by atoms with Crippen LogP contribution >= 0.6 is 0 Å². The molecule has 0 radical (unpaired) electrons. The maximum Gasteiger partial charge on any atom is 0.255 e. The molecule has 5 rings (SSSR count). The van der Waals surface area contributed by atoms with Crippen molar-refractivity contribution in [2.24, 2.45) is 5.73 Å². The average Bonchev–Trinajstić information content (AvgIpc) is 3.36. The molecule has 0 aliphatic carbocycles. The lowest BCUT2D eigenvalue weighted by Crippen LogP contribution is -2.52. The first-order valence-corrected chi connectivity index (χ1v) is 10.8. The normalized spacial score (nSPS) is 19.3. The van der Waals surface area contributed by atoms with Crippen molar-refractivity contribution < 1.29 is 14.4 Å². The number of piperidine rings is 1.